The van der Waals surface area contributed by atoms with Gasteiger partial charge in [0.05, 0.1) is 18.8 Å². The number of ether oxygens (including phenoxy) is 2. The third-order valence-electron chi connectivity index (χ3n) is 4.44. The molecule has 1 amide bonds. The summed E-state index contributed by atoms with van der Waals surface area (Å²) in [4.78, 5) is 26.8. The molecular formula is C21H23ClN2O4. The largest absolute Gasteiger partial charge is 0.449 e. The average Bonchev–Trinajstić information content (AvgIpc) is 2.69. The van der Waals surface area contributed by atoms with Crippen LogP contribution in [0.3, 0.4) is 0 Å². The predicted molar refractivity (Wildman–Crippen MR) is 107 cm³/mol. The van der Waals surface area contributed by atoms with Crippen LogP contribution in [0.2, 0.25) is 5.02 Å². The number of anilines is 1. The van der Waals surface area contributed by atoms with E-state index in [-0.39, 0.29) is 0 Å². The van der Waals surface area contributed by atoms with Crippen molar-refractivity contribution in [3.8, 4) is 0 Å². The van der Waals surface area contributed by atoms with E-state index < -0.39 is 18.0 Å². The molecule has 7 heteroatoms. The lowest BCUT2D eigenvalue weighted by molar-refractivity contribution is -0.123. The molecule has 0 bridgehead atoms. The molecule has 1 aliphatic heterocycles. The van der Waals surface area contributed by atoms with Crippen molar-refractivity contribution in [3.05, 3.63) is 64.7 Å². The summed E-state index contributed by atoms with van der Waals surface area (Å²) in [5, 5.41) is 3.19. The van der Waals surface area contributed by atoms with Gasteiger partial charge in [0.25, 0.3) is 5.91 Å². The van der Waals surface area contributed by atoms with E-state index in [1.54, 1.807) is 36.4 Å². The molecule has 0 saturated carbocycles. The molecule has 6 nitrogen and oxygen atoms in total. The number of hydrogen-bond donors (Lipinski definition) is 1. The molecule has 0 radical (unpaired) electrons. The van der Waals surface area contributed by atoms with Gasteiger partial charge in [0.15, 0.2) is 6.10 Å². The standard InChI is InChI=1S/C21H23ClN2O4/c1-15(20(25)23-19-4-2-3-18(22)13-19)28-21(26)17-7-5-16(6-8-17)14-24-9-11-27-12-10-24/h2-8,13,15H,9-12,14H2,1H3,(H,23,25)/t15-/m1/s1. The number of esters is 1. The van der Waals surface area contributed by atoms with Gasteiger partial charge in [0.1, 0.15) is 0 Å². The van der Waals surface area contributed by atoms with Crippen LogP contribution in [-0.4, -0.2) is 49.2 Å². The van der Waals surface area contributed by atoms with Crippen LogP contribution in [-0.2, 0) is 20.8 Å². The van der Waals surface area contributed by atoms with E-state index in [1.165, 1.54) is 6.92 Å². The van der Waals surface area contributed by atoms with E-state index in [1.807, 2.05) is 12.1 Å². The maximum atomic E-state index is 12.3. The Kier molecular flexibility index (Phi) is 7.03. The van der Waals surface area contributed by atoms with Crippen LogP contribution in [0.15, 0.2) is 48.5 Å². The number of nitrogens with zero attached hydrogens (tertiary/aromatic N) is 1. The van der Waals surface area contributed by atoms with E-state index in [0.29, 0.717) is 16.3 Å². The Bertz CT molecular complexity index is 819. The molecule has 2 aromatic carbocycles. The molecule has 0 aromatic heterocycles. The summed E-state index contributed by atoms with van der Waals surface area (Å²) in [5.41, 5.74) is 2.08. The zero-order valence-corrected chi connectivity index (χ0v) is 16.4. The summed E-state index contributed by atoms with van der Waals surface area (Å²) in [6.45, 7) is 5.66. The average molecular weight is 403 g/mol. The van der Waals surface area contributed by atoms with Gasteiger partial charge in [-0.25, -0.2) is 4.79 Å². The molecule has 3 rings (SSSR count). The molecule has 1 fully saturated rings. The number of morpholine rings is 1. The molecule has 0 aliphatic carbocycles. The summed E-state index contributed by atoms with van der Waals surface area (Å²) in [5.74, 6) is -0.953. The van der Waals surface area contributed by atoms with Gasteiger partial charge in [0, 0.05) is 30.3 Å². The highest BCUT2D eigenvalue weighted by Gasteiger charge is 2.19. The van der Waals surface area contributed by atoms with Crippen molar-refractivity contribution in [1.82, 2.24) is 4.90 Å². The summed E-state index contributed by atoms with van der Waals surface area (Å²) < 4.78 is 10.6. The highest BCUT2D eigenvalue weighted by atomic mass is 35.5. The summed E-state index contributed by atoms with van der Waals surface area (Å²) in [6.07, 6.45) is -0.931. The molecule has 1 aliphatic rings. The lowest BCUT2D eigenvalue weighted by atomic mass is 10.1. The second-order valence-corrected chi connectivity index (χ2v) is 7.07. The number of amides is 1. The number of nitrogens with one attached hydrogen (secondary N) is 1. The van der Waals surface area contributed by atoms with Crippen molar-refractivity contribution in [2.24, 2.45) is 0 Å². The molecule has 2 aromatic rings. The molecule has 1 saturated heterocycles. The van der Waals surface area contributed by atoms with Gasteiger partial charge >= 0.3 is 5.97 Å². The SMILES string of the molecule is C[C@@H](OC(=O)c1ccc(CN2CCOCC2)cc1)C(=O)Nc1cccc(Cl)c1. The predicted octanol–water partition coefficient (Wildman–Crippen LogP) is 3.36. The number of benzene rings is 2. The molecule has 1 atom stereocenters. The first-order valence-electron chi connectivity index (χ1n) is 9.18. The van der Waals surface area contributed by atoms with Crippen LogP contribution in [0.5, 0.6) is 0 Å². The van der Waals surface area contributed by atoms with Gasteiger partial charge in [0.2, 0.25) is 0 Å². The van der Waals surface area contributed by atoms with Gasteiger partial charge in [-0.15, -0.1) is 0 Å². The van der Waals surface area contributed by atoms with Crippen LogP contribution in [0.4, 0.5) is 5.69 Å². The van der Waals surface area contributed by atoms with E-state index in [2.05, 4.69) is 10.2 Å². The molecule has 0 unspecified atom stereocenters. The van der Waals surface area contributed by atoms with Crippen molar-refractivity contribution in [2.75, 3.05) is 31.6 Å². The minimum atomic E-state index is -0.931. The lowest BCUT2D eigenvalue weighted by Crippen LogP contribution is -2.35. The van der Waals surface area contributed by atoms with E-state index in [9.17, 15) is 9.59 Å². The van der Waals surface area contributed by atoms with Gasteiger partial charge in [-0.05, 0) is 42.8 Å². The minimum absolute atomic E-state index is 0.410. The Hall–Kier alpha value is -2.41. The van der Waals surface area contributed by atoms with E-state index >= 15 is 0 Å². The topological polar surface area (TPSA) is 67.9 Å². The number of hydrogen-bond acceptors (Lipinski definition) is 5. The molecule has 28 heavy (non-hydrogen) atoms. The third kappa shape index (κ3) is 5.79. The lowest BCUT2D eigenvalue weighted by Gasteiger charge is -2.26. The first-order valence-corrected chi connectivity index (χ1v) is 9.55. The Morgan fingerprint density at radius 2 is 1.89 bits per heavy atom. The fraction of sp³-hybridized carbons (Fsp3) is 0.333. The van der Waals surface area contributed by atoms with Gasteiger partial charge in [-0.2, -0.15) is 0 Å². The number of carbonyl (C=O) groups is 2. The normalized spacial score (nSPS) is 15.6. The maximum absolute atomic E-state index is 12.3. The molecule has 148 valence electrons. The van der Waals surface area contributed by atoms with Gasteiger partial charge < -0.3 is 14.8 Å². The van der Waals surface area contributed by atoms with E-state index in [4.69, 9.17) is 21.1 Å². The summed E-state index contributed by atoms with van der Waals surface area (Å²) in [7, 11) is 0. The Morgan fingerprint density at radius 1 is 1.18 bits per heavy atom. The Labute approximate surface area is 169 Å². The van der Waals surface area contributed by atoms with Gasteiger partial charge in [-0.3, -0.25) is 9.69 Å². The van der Waals surface area contributed by atoms with Crippen molar-refractivity contribution in [3.63, 3.8) is 0 Å². The van der Waals surface area contributed by atoms with Crippen molar-refractivity contribution in [2.45, 2.75) is 19.6 Å². The maximum Gasteiger partial charge on any atom is 0.338 e. The monoisotopic (exact) mass is 402 g/mol. The second-order valence-electron chi connectivity index (χ2n) is 6.63. The quantitative estimate of drug-likeness (QED) is 0.750. The number of halogens is 1. The van der Waals surface area contributed by atoms with Crippen molar-refractivity contribution >= 4 is 29.2 Å². The Morgan fingerprint density at radius 3 is 2.57 bits per heavy atom. The first-order chi connectivity index (χ1) is 13.5. The van der Waals surface area contributed by atoms with Crippen LogP contribution in [0.1, 0.15) is 22.8 Å². The zero-order chi connectivity index (χ0) is 19.9. The number of rotatable bonds is 6. The van der Waals surface area contributed by atoms with Crippen LogP contribution < -0.4 is 5.32 Å². The smallest absolute Gasteiger partial charge is 0.338 e. The Balaban J connectivity index is 1.52. The van der Waals surface area contributed by atoms with Gasteiger partial charge in [-0.1, -0.05) is 29.8 Å². The van der Waals surface area contributed by atoms with Crippen LogP contribution in [0, 0.1) is 0 Å². The third-order valence-corrected chi connectivity index (χ3v) is 4.68. The molecule has 1 heterocycles. The first kappa shape index (κ1) is 20.3. The van der Waals surface area contributed by atoms with Crippen molar-refractivity contribution in [1.29, 1.82) is 0 Å². The molecule has 0 spiro atoms. The van der Waals surface area contributed by atoms with Crippen LogP contribution >= 0.6 is 11.6 Å². The number of carbonyl (C=O) groups excluding carboxylic acids is 2. The summed E-state index contributed by atoms with van der Waals surface area (Å²) in [6, 6.07) is 14.0. The highest BCUT2D eigenvalue weighted by molar-refractivity contribution is 6.30. The fourth-order valence-electron chi connectivity index (χ4n) is 2.86. The van der Waals surface area contributed by atoms with Crippen molar-refractivity contribution < 1.29 is 19.1 Å². The highest BCUT2D eigenvalue weighted by Crippen LogP contribution is 2.16. The minimum Gasteiger partial charge on any atom is -0.449 e. The summed E-state index contributed by atoms with van der Waals surface area (Å²) >= 11 is 5.90. The molecular weight excluding hydrogens is 380 g/mol. The van der Waals surface area contributed by atoms with E-state index in [0.717, 1.165) is 38.4 Å². The fourth-order valence-corrected chi connectivity index (χ4v) is 3.05. The second kappa shape index (κ2) is 9.68. The molecule has 1 N–H and O–H groups in total. The zero-order valence-electron chi connectivity index (χ0n) is 15.7. The van der Waals surface area contributed by atoms with Crippen LogP contribution in [0.25, 0.3) is 0 Å².